The normalized spacial score (nSPS) is 13.8. The summed E-state index contributed by atoms with van der Waals surface area (Å²) >= 11 is 0. The molecule has 0 spiro atoms. The molecule has 3 rings (SSSR count). The Labute approximate surface area is 145 Å². The van der Waals surface area contributed by atoms with Crippen molar-refractivity contribution in [1.29, 1.82) is 0 Å². The molecule has 0 bridgehead atoms. The van der Waals surface area contributed by atoms with Crippen LogP contribution in [0.25, 0.3) is 0 Å². The van der Waals surface area contributed by atoms with Crippen molar-refractivity contribution in [2.24, 2.45) is 0 Å². The van der Waals surface area contributed by atoms with Gasteiger partial charge in [-0.15, -0.1) is 0 Å². The Bertz CT molecular complexity index is 807. The molecule has 7 nitrogen and oxygen atoms in total. The van der Waals surface area contributed by atoms with Gasteiger partial charge < -0.3 is 15.0 Å². The molecule has 1 amide bonds. The molecule has 2 aromatic rings. The Hall–Kier alpha value is -3.09. The summed E-state index contributed by atoms with van der Waals surface area (Å²) in [5, 5.41) is 14.3. The van der Waals surface area contributed by atoms with Crippen molar-refractivity contribution < 1.29 is 14.5 Å². The second-order valence-corrected chi connectivity index (χ2v) is 5.77. The average molecular weight is 341 g/mol. The van der Waals surface area contributed by atoms with E-state index in [0.717, 1.165) is 17.8 Å². The van der Waals surface area contributed by atoms with E-state index in [0.29, 0.717) is 30.8 Å². The minimum Gasteiger partial charge on any atom is -0.496 e. The summed E-state index contributed by atoms with van der Waals surface area (Å²) in [6, 6.07) is 12.1. The number of anilines is 2. The molecule has 1 heterocycles. The van der Waals surface area contributed by atoms with Gasteiger partial charge in [-0.2, -0.15) is 0 Å². The van der Waals surface area contributed by atoms with Crippen LogP contribution in [-0.2, 0) is 11.3 Å². The van der Waals surface area contributed by atoms with Gasteiger partial charge in [0.05, 0.1) is 23.4 Å². The van der Waals surface area contributed by atoms with Crippen molar-refractivity contribution >= 4 is 23.0 Å². The molecule has 0 aliphatic carbocycles. The second-order valence-electron chi connectivity index (χ2n) is 5.77. The van der Waals surface area contributed by atoms with Crippen LogP contribution < -0.4 is 15.0 Å². The zero-order valence-corrected chi connectivity index (χ0v) is 13.9. The van der Waals surface area contributed by atoms with E-state index in [4.69, 9.17) is 4.74 Å². The van der Waals surface area contributed by atoms with Crippen molar-refractivity contribution in [3.63, 3.8) is 0 Å². The molecule has 0 radical (unpaired) electrons. The molecule has 130 valence electrons. The molecule has 0 unspecified atom stereocenters. The van der Waals surface area contributed by atoms with Gasteiger partial charge in [-0.25, -0.2) is 0 Å². The number of methoxy groups -OCH3 is 1. The lowest BCUT2D eigenvalue weighted by atomic mass is 10.1. The van der Waals surface area contributed by atoms with E-state index < -0.39 is 4.92 Å². The van der Waals surface area contributed by atoms with Crippen LogP contribution in [0.5, 0.6) is 5.75 Å². The third-order valence-corrected chi connectivity index (χ3v) is 4.21. The zero-order chi connectivity index (χ0) is 17.8. The number of nitrogens with one attached hydrogen (secondary N) is 1. The third kappa shape index (κ3) is 3.55. The number of ether oxygens (including phenoxy) is 1. The first-order chi connectivity index (χ1) is 12.1. The number of nitro benzene ring substituents is 1. The molecule has 1 aliphatic rings. The number of para-hydroxylation sites is 2. The molecular weight excluding hydrogens is 322 g/mol. The fraction of sp³-hybridized carbons (Fsp3) is 0.278. The molecular formula is C18H19N3O4. The van der Waals surface area contributed by atoms with Gasteiger partial charge in [0.2, 0.25) is 5.91 Å². The first kappa shape index (κ1) is 16.8. The maximum Gasteiger partial charge on any atom is 0.270 e. The van der Waals surface area contributed by atoms with Gasteiger partial charge in [0, 0.05) is 37.2 Å². The highest BCUT2D eigenvalue weighted by molar-refractivity contribution is 5.98. The highest BCUT2D eigenvalue weighted by Gasteiger charge is 2.23. The number of carbonyl (C=O) groups is 1. The summed E-state index contributed by atoms with van der Waals surface area (Å²) in [4.78, 5) is 24.4. The van der Waals surface area contributed by atoms with Crippen molar-refractivity contribution in [2.75, 3.05) is 23.9 Å². The molecule has 2 aromatic carbocycles. The van der Waals surface area contributed by atoms with Crippen molar-refractivity contribution in [3.8, 4) is 5.75 Å². The lowest BCUT2D eigenvalue weighted by Crippen LogP contribution is -2.24. The van der Waals surface area contributed by atoms with E-state index in [2.05, 4.69) is 5.32 Å². The van der Waals surface area contributed by atoms with Crippen LogP contribution in [0, 0.1) is 10.1 Å². The third-order valence-electron chi connectivity index (χ3n) is 4.21. The Morgan fingerprint density at radius 1 is 1.28 bits per heavy atom. The molecule has 0 atom stereocenters. The summed E-state index contributed by atoms with van der Waals surface area (Å²) in [5.41, 5.74) is 2.33. The molecule has 1 saturated heterocycles. The van der Waals surface area contributed by atoms with Crippen LogP contribution in [0.3, 0.4) is 0 Å². The largest absolute Gasteiger partial charge is 0.496 e. The Morgan fingerprint density at radius 3 is 2.76 bits per heavy atom. The van der Waals surface area contributed by atoms with Gasteiger partial charge in [0.1, 0.15) is 5.75 Å². The predicted molar refractivity (Wildman–Crippen MR) is 95.0 cm³/mol. The van der Waals surface area contributed by atoms with E-state index >= 15 is 0 Å². The molecule has 7 heteroatoms. The molecule has 1 aliphatic heterocycles. The first-order valence-corrected chi connectivity index (χ1v) is 8.04. The number of rotatable bonds is 6. The van der Waals surface area contributed by atoms with Crippen LogP contribution in [-0.4, -0.2) is 24.5 Å². The summed E-state index contributed by atoms with van der Waals surface area (Å²) in [7, 11) is 1.53. The van der Waals surface area contributed by atoms with E-state index in [1.165, 1.54) is 19.2 Å². The summed E-state index contributed by atoms with van der Waals surface area (Å²) in [6.45, 7) is 1.06. The molecule has 0 aromatic heterocycles. The smallest absolute Gasteiger partial charge is 0.270 e. The predicted octanol–water partition coefficient (Wildman–Crippen LogP) is 3.34. The number of nitro groups is 1. The van der Waals surface area contributed by atoms with Crippen LogP contribution in [0.2, 0.25) is 0 Å². The maximum absolute atomic E-state index is 12.0. The fourth-order valence-corrected chi connectivity index (χ4v) is 2.97. The number of amides is 1. The van der Waals surface area contributed by atoms with E-state index in [1.807, 2.05) is 24.3 Å². The van der Waals surface area contributed by atoms with Gasteiger partial charge in [-0.05, 0) is 24.6 Å². The van der Waals surface area contributed by atoms with Crippen LogP contribution in [0.1, 0.15) is 18.4 Å². The van der Waals surface area contributed by atoms with Gasteiger partial charge in [0.15, 0.2) is 0 Å². The number of hydrogen-bond donors (Lipinski definition) is 1. The van der Waals surface area contributed by atoms with Gasteiger partial charge in [0.25, 0.3) is 5.69 Å². The standard InChI is InChI=1S/C18H19N3O4/c1-25-17-9-8-14(21(23)24)11-13(17)12-19-15-5-2-3-6-16(15)20-10-4-7-18(20)22/h2-3,5-6,8-9,11,19H,4,7,10,12H2,1H3. The topological polar surface area (TPSA) is 84.7 Å². The summed E-state index contributed by atoms with van der Waals surface area (Å²) in [5.74, 6) is 0.690. The SMILES string of the molecule is COc1ccc([N+](=O)[O-])cc1CNc1ccccc1N1CCCC1=O. The van der Waals surface area contributed by atoms with E-state index in [1.54, 1.807) is 11.0 Å². The van der Waals surface area contributed by atoms with Gasteiger partial charge >= 0.3 is 0 Å². The monoisotopic (exact) mass is 341 g/mol. The van der Waals surface area contributed by atoms with E-state index in [-0.39, 0.29) is 11.6 Å². The molecule has 0 saturated carbocycles. The summed E-state index contributed by atoms with van der Waals surface area (Å²) in [6.07, 6.45) is 1.42. The molecule has 1 N–H and O–H groups in total. The lowest BCUT2D eigenvalue weighted by Gasteiger charge is -2.20. The number of hydrogen-bond acceptors (Lipinski definition) is 5. The van der Waals surface area contributed by atoms with Crippen LogP contribution in [0.4, 0.5) is 17.1 Å². The minimum absolute atomic E-state index is 0.0144. The van der Waals surface area contributed by atoms with Gasteiger partial charge in [-0.3, -0.25) is 14.9 Å². The average Bonchev–Trinajstić information content (AvgIpc) is 3.05. The second kappa shape index (κ2) is 7.21. The van der Waals surface area contributed by atoms with Crippen molar-refractivity contribution in [1.82, 2.24) is 0 Å². The number of benzene rings is 2. The molecule has 1 fully saturated rings. The molecule has 25 heavy (non-hydrogen) atoms. The Balaban J connectivity index is 1.84. The number of non-ortho nitro benzene ring substituents is 1. The van der Waals surface area contributed by atoms with Gasteiger partial charge in [-0.1, -0.05) is 12.1 Å². The quantitative estimate of drug-likeness (QED) is 0.643. The zero-order valence-electron chi connectivity index (χ0n) is 13.9. The minimum atomic E-state index is -0.431. The highest BCUT2D eigenvalue weighted by Crippen LogP contribution is 2.31. The Morgan fingerprint density at radius 2 is 2.08 bits per heavy atom. The van der Waals surface area contributed by atoms with Crippen LogP contribution in [0.15, 0.2) is 42.5 Å². The number of carbonyl (C=O) groups excluding carboxylic acids is 1. The van der Waals surface area contributed by atoms with Crippen molar-refractivity contribution in [2.45, 2.75) is 19.4 Å². The summed E-state index contributed by atoms with van der Waals surface area (Å²) < 4.78 is 5.29. The first-order valence-electron chi connectivity index (χ1n) is 8.04. The van der Waals surface area contributed by atoms with Crippen LogP contribution >= 0.6 is 0 Å². The van der Waals surface area contributed by atoms with Crippen molar-refractivity contribution in [3.05, 3.63) is 58.1 Å². The lowest BCUT2D eigenvalue weighted by molar-refractivity contribution is -0.384. The Kier molecular flexibility index (Phi) is 4.83. The maximum atomic E-state index is 12.0. The number of nitrogens with zero attached hydrogens (tertiary/aromatic N) is 2. The fourth-order valence-electron chi connectivity index (χ4n) is 2.97. The van der Waals surface area contributed by atoms with E-state index in [9.17, 15) is 14.9 Å². The highest BCUT2D eigenvalue weighted by atomic mass is 16.6.